The second-order valence-electron chi connectivity index (χ2n) is 9.95. The number of furan rings is 1. The summed E-state index contributed by atoms with van der Waals surface area (Å²) in [7, 11) is -3.41. The Balaban J connectivity index is 1.60. The molecule has 0 aliphatic heterocycles. The molecule has 0 radical (unpaired) electrons. The smallest absolute Gasteiger partial charge is 0.199 e. The molecule has 1 fully saturated rings. The fourth-order valence-electron chi connectivity index (χ4n) is 4.92. The third-order valence-electron chi connectivity index (χ3n) is 6.94. The van der Waals surface area contributed by atoms with Crippen LogP contribution in [0.2, 0.25) is 0 Å². The van der Waals surface area contributed by atoms with Crippen molar-refractivity contribution < 1.29 is 18.5 Å². The van der Waals surface area contributed by atoms with Gasteiger partial charge in [0.05, 0.1) is 17.6 Å². The SMILES string of the molecule is Cc1cc([C@H](C)C2CC2)c(CC(=O)C[S@@](=N)(=O)c2cc(C(C)(C)O)co2)c2c1CCC2. The lowest BCUT2D eigenvalue weighted by Crippen LogP contribution is -2.19. The molecule has 1 heterocycles. The summed E-state index contributed by atoms with van der Waals surface area (Å²) in [5.41, 5.74) is 5.70. The van der Waals surface area contributed by atoms with Crippen molar-refractivity contribution in [3.8, 4) is 0 Å². The van der Waals surface area contributed by atoms with E-state index in [0.29, 0.717) is 17.4 Å². The molecule has 0 amide bonds. The van der Waals surface area contributed by atoms with Crippen molar-refractivity contribution in [2.24, 2.45) is 5.92 Å². The highest BCUT2D eigenvalue weighted by molar-refractivity contribution is 7.93. The molecule has 0 bridgehead atoms. The van der Waals surface area contributed by atoms with E-state index in [1.807, 2.05) is 0 Å². The molecule has 2 aromatic rings. The lowest BCUT2D eigenvalue weighted by Gasteiger charge is -2.21. The molecule has 1 aromatic carbocycles. The number of carbonyl (C=O) groups excluding carboxylic acids is 1. The maximum Gasteiger partial charge on any atom is 0.199 e. The molecule has 168 valence electrons. The molecule has 0 unspecified atom stereocenters. The molecular formula is C25H33NO4S. The van der Waals surface area contributed by atoms with Crippen LogP contribution in [0.3, 0.4) is 0 Å². The van der Waals surface area contributed by atoms with E-state index in [-0.39, 0.29) is 23.0 Å². The summed E-state index contributed by atoms with van der Waals surface area (Å²) >= 11 is 0. The van der Waals surface area contributed by atoms with Crippen molar-refractivity contribution in [3.05, 3.63) is 51.8 Å². The average molecular weight is 444 g/mol. The van der Waals surface area contributed by atoms with Crippen LogP contribution in [0.25, 0.3) is 0 Å². The molecule has 31 heavy (non-hydrogen) atoms. The minimum Gasteiger partial charge on any atom is -0.454 e. The molecule has 2 aliphatic carbocycles. The van der Waals surface area contributed by atoms with Crippen molar-refractivity contribution in [3.63, 3.8) is 0 Å². The molecule has 5 nitrogen and oxygen atoms in total. The standard InChI is InChI=1S/C25H33NO4S/c1-15-10-22(16(2)17-8-9-17)23(21-7-5-6-20(15)21)12-19(27)14-31(26,29)24-11-18(13-30-24)25(3,4)28/h10-11,13,16-17,26,28H,5-9,12,14H2,1-4H3/t16-,31-/m1/s1. The van der Waals surface area contributed by atoms with Gasteiger partial charge in [-0.3, -0.25) is 4.79 Å². The van der Waals surface area contributed by atoms with E-state index in [1.54, 1.807) is 13.8 Å². The fraction of sp³-hybridized carbons (Fsp3) is 0.560. The number of aliphatic hydroxyl groups is 1. The predicted molar refractivity (Wildman–Crippen MR) is 121 cm³/mol. The number of aryl methyl sites for hydroxylation is 1. The number of rotatable bonds is 8. The van der Waals surface area contributed by atoms with E-state index < -0.39 is 15.3 Å². The zero-order chi connectivity index (χ0) is 22.6. The monoisotopic (exact) mass is 443 g/mol. The number of carbonyl (C=O) groups is 1. The van der Waals surface area contributed by atoms with E-state index in [0.717, 1.165) is 24.8 Å². The van der Waals surface area contributed by atoms with Gasteiger partial charge < -0.3 is 9.52 Å². The van der Waals surface area contributed by atoms with Crippen LogP contribution < -0.4 is 0 Å². The van der Waals surface area contributed by atoms with Crippen LogP contribution in [0.15, 0.2) is 27.9 Å². The number of Topliss-reactive ketones (excluding diaryl/α,β-unsaturated/α-hetero) is 1. The third kappa shape index (κ3) is 4.51. The van der Waals surface area contributed by atoms with Crippen molar-refractivity contribution in [1.82, 2.24) is 0 Å². The second-order valence-corrected chi connectivity index (χ2v) is 12.0. The number of benzene rings is 1. The molecule has 1 aromatic heterocycles. The molecular weight excluding hydrogens is 410 g/mol. The summed E-state index contributed by atoms with van der Waals surface area (Å²) in [6.45, 7) is 7.63. The van der Waals surface area contributed by atoms with Crippen molar-refractivity contribution >= 4 is 15.5 Å². The number of hydrogen-bond donors (Lipinski definition) is 2. The minimum atomic E-state index is -3.41. The highest BCUT2D eigenvalue weighted by Gasteiger charge is 2.33. The lowest BCUT2D eigenvalue weighted by molar-refractivity contribution is -0.116. The van der Waals surface area contributed by atoms with Gasteiger partial charge in [0.1, 0.15) is 9.73 Å². The Morgan fingerprint density at radius 2 is 1.97 bits per heavy atom. The van der Waals surface area contributed by atoms with Gasteiger partial charge in [-0.25, -0.2) is 8.99 Å². The van der Waals surface area contributed by atoms with E-state index in [1.165, 1.54) is 47.4 Å². The number of hydrogen-bond acceptors (Lipinski definition) is 5. The highest BCUT2D eigenvalue weighted by atomic mass is 32.2. The van der Waals surface area contributed by atoms with Crippen LogP contribution in [0.4, 0.5) is 0 Å². The van der Waals surface area contributed by atoms with Crippen LogP contribution in [0.5, 0.6) is 0 Å². The second kappa shape index (κ2) is 7.89. The van der Waals surface area contributed by atoms with Gasteiger partial charge in [-0.05, 0) is 92.5 Å². The van der Waals surface area contributed by atoms with Gasteiger partial charge in [-0.2, -0.15) is 0 Å². The van der Waals surface area contributed by atoms with Gasteiger partial charge in [0, 0.05) is 18.1 Å². The first-order valence-electron chi connectivity index (χ1n) is 11.2. The quantitative estimate of drug-likeness (QED) is 0.598. The van der Waals surface area contributed by atoms with Crippen LogP contribution in [0, 0.1) is 17.6 Å². The maximum absolute atomic E-state index is 13.1. The summed E-state index contributed by atoms with van der Waals surface area (Å²) in [5, 5.41) is 10.1. The van der Waals surface area contributed by atoms with E-state index in [2.05, 4.69) is 19.9 Å². The first-order chi connectivity index (χ1) is 14.5. The van der Waals surface area contributed by atoms with Crippen LogP contribution >= 0.6 is 0 Å². The average Bonchev–Trinajstić information content (AvgIpc) is 3.17. The van der Waals surface area contributed by atoms with E-state index in [9.17, 15) is 14.1 Å². The van der Waals surface area contributed by atoms with Crippen molar-refractivity contribution in [2.45, 2.75) is 82.8 Å². The first-order valence-corrected chi connectivity index (χ1v) is 12.9. The molecule has 2 N–H and O–H groups in total. The van der Waals surface area contributed by atoms with Crippen molar-refractivity contribution in [2.75, 3.05) is 5.75 Å². The van der Waals surface area contributed by atoms with Gasteiger partial charge >= 0.3 is 0 Å². The first kappa shape index (κ1) is 22.3. The molecule has 0 spiro atoms. The van der Waals surface area contributed by atoms with Crippen LogP contribution in [0.1, 0.15) is 79.3 Å². The van der Waals surface area contributed by atoms with Gasteiger partial charge in [-0.15, -0.1) is 0 Å². The normalized spacial score (nSPS) is 19.1. The predicted octanol–water partition coefficient (Wildman–Crippen LogP) is 5.04. The molecule has 6 heteroatoms. The Hall–Kier alpha value is -1.92. The molecule has 2 atom stereocenters. The summed E-state index contributed by atoms with van der Waals surface area (Å²) < 4.78 is 26.7. The zero-order valence-electron chi connectivity index (χ0n) is 18.9. The van der Waals surface area contributed by atoms with Crippen LogP contribution in [-0.2, 0) is 39.4 Å². The molecule has 1 saturated carbocycles. The largest absolute Gasteiger partial charge is 0.454 e. The highest BCUT2D eigenvalue weighted by Crippen LogP contribution is 2.45. The molecule has 4 rings (SSSR count). The van der Waals surface area contributed by atoms with Gasteiger partial charge in [0.15, 0.2) is 10.9 Å². The van der Waals surface area contributed by atoms with Crippen LogP contribution in [-0.4, -0.2) is 20.9 Å². The Labute approximate surface area is 185 Å². The van der Waals surface area contributed by atoms with E-state index in [4.69, 9.17) is 9.20 Å². The lowest BCUT2D eigenvalue weighted by atomic mass is 9.84. The summed E-state index contributed by atoms with van der Waals surface area (Å²) in [6.07, 6.45) is 7.19. The van der Waals surface area contributed by atoms with E-state index >= 15 is 0 Å². The fourth-order valence-corrected chi connectivity index (χ4v) is 6.13. The Bertz CT molecular complexity index is 1120. The molecule has 2 aliphatic rings. The number of nitrogens with one attached hydrogen (secondary N) is 1. The van der Waals surface area contributed by atoms with Gasteiger partial charge in [0.2, 0.25) is 0 Å². The van der Waals surface area contributed by atoms with Gasteiger partial charge in [-0.1, -0.05) is 13.0 Å². The maximum atomic E-state index is 13.1. The van der Waals surface area contributed by atoms with Gasteiger partial charge in [0.25, 0.3) is 0 Å². The topological polar surface area (TPSA) is 91.4 Å². The number of fused-ring (bicyclic) bond motifs is 1. The summed E-state index contributed by atoms with van der Waals surface area (Å²) in [4.78, 5) is 13.1. The third-order valence-corrected chi connectivity index (χ3v) is 8.54. The summed E-state index contributed by atoms with van der Waals surface area (Å²) in [5.74, 6) is 0.554. The Morgan fingerprint density at radius 3 is 2.58 bits per heavy atom. The summed E-state index contributed by atoms with van der Waals surface area (Å²) in [6, 6.07) is 3.71. The minimum absolute atomic E-state index is 0.0429. The Morgan fingerprint density at radius 1 is 1.29 bits per heavy atom. The Kier molecular flexibility index (Phi) is 5.67. The number of ketones is 1. The molecule has 0 saturated heterocycles. The van der Waals surface area contributed by atoms with Crippen molar-refractivity contribution in [1.29, 1.82) is 4.78 Å². The zero-order valence-corrected chi connectivity index (χ0v) is 19.7.